The topological polar surface area (TPSA) is 55.6 Å². The van der Waals surface area contributed by atoms with Gasteiger partial charge in [-0.05, 0) is 53.6 Å². The highest BCUT2D eigenvalue weighted by molar-refractivity contribution is 6.21. The van der Waals surface area contributed by atoms with E-state index >= 15 is 0 Å². The normalized spacial score (nSPS) is 11.8. The second-order valence-corrected chi connectivity index (χ2v) is 11.9. The van der Waals surface area contributed by atoms with Gasteiger partial charge in [0, 0.05) is 33.5 Å². The third-order valence-corrected chi connectivity index (χ3v) is 9.11. The van der Waals surface area contributed by atoms with E-state index < -0.39 is 0 Å². The number of nitrogens with zero attached hydrogens (tertiary/aromatic N) is 2. The first-order valence-corrected chi connectivity index (χ1v) is 16.0. The van der Waals surface area contributed by atoms with Crippen LogP contribution in [0.5, 0.6) is 0 Å². The van der Waals surface area contributed by atoms with Crippen molar-refractivity contribution in [2.75, 3.05) is 4.90 Å². The minimum absolute atomic E-state index is 0.547. The van der Waals surface area contributed by atoms with Gasteiger partial charge in [-0.1, -0.05) is 109 Å². The first-order chi connectivity index (χ1) is 23.8. The largest absolute Gasteiger partial charge is 0.456 e. The minimum atomic E-state index is 0.547. The molecule has 5 heteroatoms. The summed E-state index contributed by atoms with van der Waals surface area (Å²) in [4.78, 5) is 7.34. The molecule has 0 unspecified atom stereocenters. The van der Waals surface area contributed by atoms with Crippen LogP contribution >= 0.6 is 0 Å². The van der Waals surface area contributed by atoms with Gasteiger partial charge < -0.3 is 18.2 Å². The second kappa shape index (κ2) is 10.5. The van der Waals surface area contributed by atoms with E-state index in [-0.39, 0.29) is 0 Å². The predicted molar refractivity (Wildman–Crippen MR) is 194 cm³/mol. The van der Waals surface area contributed by atoms with Crippen molar-refractivity contribution in [3.63, 3.8) is 0 Å². The maximum atomic E-state index is 6.77. The molecular formula is C43H26N2O3. The highest BCUT2D eigenvalue weighted by atomic mass is 16.4. The molecule has 0 amide bonds. The van der Waals surface area contributed by atoms with Crippen LogP contribution < -0.4 is 4.90 Å². The summed E-state index contributed by atoms with van der Waals surface area (Å²) in [5, 5.41) is 4.03. The number of anilines is 3. The number of rotatable bonds is 5. The zero-order chi connectivity index (χ0) is 31.6. The third kappa shape index (κ3) is 4.08. The SMILES string of the molecule is c1ccc(-c2ccc(N(c3cccc4c3oc3ccccc34)c3cc4oc5ccccc5c4c4nc(-c5ccccc5)oc34)cc2)cc1. The lowest BCUT2D eigenvalue weighted by atomic mass is 10.0. The van der Waals surface area contributed by atoms with Crippen molar-refractivity contribution in [3.05, 3.63) is 158 Å². The smallest absolute Gasteiger partial charge is 0.227 e. The Balaban J connectivity index is 1.29. The number of hydrogen-bond donors (Lipinski definition) is 0. The van der Waals surface area contributed by atoms with Crippen molar-refractivity contribution in [2.24, 2.45) is 0 Å². The molecule has 0 spiro atoms. The molecule has 0 aliphatic heterocycles. The molecule has 0 saturated heterocycles. The Morgan fingerprint density at radius 2 is 1.04 bits per heavy atom. The summed E-state index contributed by atoms with van der Waals surface area (Å²) >= 11 is 0. The molecule has 0 aliphatic carbocycles. The predicted octanol–water partition coefficient (Wildman–Crippen LogP) is 12.4. The van der Waals surface area contributed by atoms with Crippen LogP contribution in [0.2, 0.25) is 0 Å². The van der Waals surface area contributed by atoms with Crippen molar-refractivity contribution < 1.29 is 13.3 Å². The summed E-state index contributed by atoms with van der Waals surface area (Å²) in [5.41, 5.74) is 10.4. The van der Waals surface area contributed by atoms with E-state index in [4.69, 9.17) is 18.2 Å². The molecule has 3 heterocycles. The number of aromatic nitrogens is 1. The average molecular weight is 619 g/mol. The number of fused-ring (bicyclic) bond motifs is 8. The number of benzene rings is 7. The van der Waals surface area contributed by atoms with Gasteiger partial charge in [0.1, 0.15) is 22.3 Å². The first kappa shape index (κ1) is 26.6. The molecule has 5 nitrogen and oxygen atoms in total. The van der Waals surface area contributed by atoms with Gasteiger partial charge in [-0.15, -0.1) is 0 Å². The van der Waals surface area contributed by atoms with Gasteiger partial charge in [-0.25, -0.2) is 4.98 Å². The fourth-order valence-corrected chi connectivity index (χ4v) is 6.88. The van der Waals surface area contributed by atoms with E-state index in [9.17, 15) is 0 Å². The van der Waals surface area contributed by atoms with E-state index in [0.717, 1.165) is 83.1 Å². The second-order valence-electron chi connectivity index (χ2n) is 11.9. The van der Waals surface area contributed by atoms with E-state index in [2.05, 4.69) is 89.8 Å². The van der Waals surface area contributed by atoms with E-state index in [1.165, 1.54) is 0 Å². The Morgan fingerprint density at radius 3 is 1.81 bits per heavy atom. The molecule has 0 saturated carbocycles. The van der Waals surface area contributed by atoms with Crippen LogP contribution in [-0.2, 0) is 0 Å². The lowest BCUT2D eigenvalue weighted by Gasteiger charge is -2.25. The zero-order valence-electron chi connectivity index (χ0n) is 25.6. The summed E-state index contributed by atoms with van der Waals surface area (Å²) in [6.07, 6.45) is 0. The molecular weight excluding hydrogens is 592 g/mol. The molecule has 7 aromatic carbocycles. The molecule has 0 bridgehead atoms. The van der Waals surface area contributed by atoms with Gasteiger partial charge in [-0.2, -0.15) is 0 Å². The van der Waals surface area contributed by atoms with Crippen LogP contribution in [0, 0.1) is 0 Å². The van der Waals surface area contributed by atoms with Crippen molar-refractivity contribution in [2.45, 2.75) is 0 Å². The van der Waals surface area contributed by atoms with Crippen molar-refractivity contribution >= 4 is 72.0 Å². The lowest BCUT2D eigenvalue weighted by Crippen LogP contribution is -2.10. The van der Waals surface area contributed by atoms with E-state index in [1.54, 1.807) is 0 Å². The third-order valence-electron chi connectivity index (χ3n) is 9.11. The Bertz CT molecular complexity index is 2770. The number of hydrogen-bond acceptors (Lipinski definition) is 5. The minimum Gasteiger partial charge on any atom is -0.456 e. The van der Waals surface area contributed by atoms with Gasteiger partial charge in [-0.3, -0.25) is 0 Å². The zero-order valence-corrected chi connectivity index (χ0v) is 25.6. The van der Waals surface area contributed by atoms with Gasteiger partial charge >= 0.3 is 0 Å². The molecule has 0 fully saturated rings. The van der Waals surface area contributed by atoms with Crippen LogP contribution in [0.25, 0.3) is 77.6 Å². The van der Waals surface area contributed by atoms with E-state index in [1.807, 2.05) is 72.8 Å². The standard InChI is InChI=1S/C43H26N2O3/c1-3-12-27(13-4-1)28-22-24-30(25-23-28)45(34-19-11-18-32-31-16-7-9-20-36(31)47-41(32)34)35-26-38-39(33-17-8-10-21-37(33)46-38)40-42(35)48-43(44-40)29-14-5-2-6-15-29/h1-26H. The Labute approximate surface area is 274 Å². The van der Waals surface area contributed by atoms with Crippen LogP contribution in [0.3, 0.4) is 0 Å². The van der Waals surface area contributed by atoms with Crippen LogP contribution in [0.1, 0.15) is 0 Å². The van der Waals surface area contributed by atoms with Gasteiger partial charge in [0.05, 0.1) is 16.8 Å². The quantitative estimate of drug-likeness (QED) is 0.192. The Hall–Kier alpha value is -6.59. The number of oxazole rings is 1. The molecule has 48 heavy (non-hydrogen) atoms. The van der Waals surface area contributed by atoms with Crippen LogP contribution in [0.15, 0.2) is 171 Å². The van der Waals surface area contributed by atoms with Gasteiger partial charge in [0.25, 0.3) is 0 Å². The van der Waals surface area contributed by atoms with Crippen molar-refractivity contribution in [3.8, 4) is 22.6 Å². The molecule has 10 aromatic rings. The summed E-state index contributed by atoms with van der Waals surface area (Å²) in [5.74, 6) is 0.547. The van der Waals surface area contributed by atoms with Crippen molar-refractivity contribution in [1.82, 2.24) is 4.98 Å². The van der Waals surface area contributed by atoms with Gasteiger partial charge in [0.2, 0.25) is 5.89 Å². The summed E-state index contributed by atoms with van der Waals surface area (Å²) in [7, 11) is 0. The summed E-state index contributed by atoms with van der Waals surface area (Å²) in [6.45, 7) is 0. The number of para-hydroxylation sites is 3. The summed E-state index contributed by atoms with van der Waals surface area (Å²) in [6, 6.07) is 53.6. The highest BCUT2D eigenvalue weighted by Crippen LogP contribution is 2.48. The molecule has 10 rings (SSSR count). The van der Waals surface area contributed by atoms with Crippen LogP contribution in [0.4, 0.5) is 17.1 Å². The fourth-order valence-electron chi connectivity index (χ4n) is 6.88. The Kier molecular flexibility index (Phi) is 5.81. The lowest BCUT2D eigenvalue weighted by molar-refractivity contribution is 0.619. The molecule has 0 aliphatic rings. The van der Waals surface area contributed by atoms with Crippen molar-refractivity contribution in [1.29, 1.82) is 0 Å². The molecule has 0 N–H and O–H groups in total. The average Bonchev–Trinajstić information content (AvgIpc) is 3.87. The molecule has 226 valence electrons. The maximum Gasteiger partial charge on any atom is 0.227 e. The summed E-state index contributed by atoms with van der Waals surface area (Å²) < 4.78 is 19.9. The van der Waals surface area contributed by atoms with Crippen LogP contribution in [-0.4, -0.2) is 4.98 Å². The molecule has 0 radical (unpaired) electrons. The maximum absolute atomic E-state index is 6.77. The molecule has 0 atom stereocenters. The number of furan rings is 2. The van der Waals surface area contributed by atoms with Gasteiger partial charge in [0.15, 0.2) is 11.2 Å². The monoisotopic (exact) mass is 618 g/mol. The molecule has 3 aromatic heterocycles. The highest BCUT2D eigenvalue weighted by Gasteiger charge is 2.27. The van der Waals surface area contributed by atoms with E-state index in [0.29, 0.717) is 11.5 Å². The Morgan fingerprint density at radius 1 is 0.417 bits per heavy atom. The first-order valence-electron chi connectivity index (χ1n) is 16.0. The fraction of sp³-hybridized carbons (Fsp3) is 0.